The van der Waals surface area contributed by atoms with Gasteiger partial charge in [0, 0.05) is 48.7 Å². The molecule has 2 fully saturated rings. The van der Waals surface area contributed by atoms with E-state index in [-0.39, 0.29) is 11.3 Å². The molecule has 6 rings (SSSR count). The number of benzene rings is 2. The van der Waals surface area contributed by atoms with Crippen LogP contribution in [0.25, 0.3) is 33.3 Å². The molecule has 5 heteroatoms. The van der Waals surface area contributed by atoms with Crippen molar-refractivity contribution in [1.82, 2.24) is 14.5 Å². The zero-order valence-corrected chi connectivity index (χ0v) is 34.2. The summed E-state index contributed by atoms with van der Waals surface area (Å²) in [6.45, 7) is 24.5. The van der Waals surface area contributed by atoms with Gasteiger partial charge in [0.1, 0.15) is 6.67 Å². The number of allylic oxidation sites excluding steroid dienone is 2. The summed E-state index contributed by atoms with van der Waals surface area (Å²) in [5.41, 5.74) is 12.0. The monoisotopic (exact) mass is 731 g/mol. The lowest BCUT2D eigenvalue weighted by Gasteiger charge is -2.45. The van der Waals surface area contributed by atoms with E-state index in [0.29, 0.717) is 6.04 Å². The van der Waals surface area contributed by atoms with Crippen molar-refractivity contribution in [3.05, 3.63) is 96.4 Å². The predicted molar refractivity (Wildman–Crippen MR) is 231 cm³/mol. The van der Waals surface area contributed by atoms with Gasteiger partial charge >= 0.3 is 0 Å². The highest BCUT2D eigenvalue weighted by Gasteiger charge is 2.31. The van der Waals surface area contributed by atoms with E-state index in [9.17, 15) is 4.39 Å². The van der Waals surface area contributed by atoms with Gasteiger partial charge in [0.15, 0.2) is 0 Å². The van der Waals surface area contributed by atoms with Crippen LogP contribution in [-0.4, -0.2) is 46.7 Å². The molecule has 0 radical (unpaired) electrons. The van der Waals surface area contributed by atoms with Crippen LogP contribution in [0.1, 0.15) is 127 Å². The number of anilines is 1. The number of unbranched alkanes of at least 4 members (excludes halogenated alkanes) is 4. The van der Waals surface area contributed by atoms with Gasteiger partial charge in [-0.2, -0.15) is 0 Å². The van der Waals surface area contributed by atoms with E-state index < -0.39 is 6.67 Å². The molecule has 1 atom stereocenters. The maximum atomic E-state index is 14.3. The minimum absolute atomic E-state index is 0.0686. The van der Waals surface area contributed by atoms with Crippen molar-refractivity contribution in [2.45, 2.75) is 137 Å². The van der Waals surface area contributed by atoms with Crippen LogP contribution in [0.2, 0.25) is 0 Å². The summed E-state index contributed by atoms with van der Waals surface area (Å²) in [6.07, 6.45) is 20.0. The molecule has 2 aliphatic rings. The van der Waals surface area contributed by atoms with Crippen LogP contribution in [0, 0.1) is 5.41 Å². The Morgan fingerprint density at radius 2 is 1.70 bits per heavy atom. The molecule has 4 nitrogen and oxygen atoms in total. The molecule has 0 bridgehead atoms. The molecule has 4 aromatic rings. The van der Waals surface area contributed by atoms with Crippen LogP contribution in [-0.2, 0) is 26.1 Å². The third-order valence-corrected chi connectivity index (χ3v) is 12.2. The number of halogens is 1. The maximum absolute atomic E-state index is 14.3. The van der Waals surface area contributed by atoms with Crippen LogP contribution < -0.4 is 4.90 Å². The SMILES string of the molecule is C=CCCCCCCc1cc(CF)cc(-c2ccc3c(c2)c(CC(C)(C)CCC=C)c(-c2cc(N4CCN5CCCCC5C4)cnc2C(C)C)n3CC)c1. The molecule has 2 saturated heterocycles. The minimum Gasteiger partial charge on any atom is -0.367 e. The Hall–Kier alpha value is -3.70. The minimum atomic E-state index is -0.446. The average molecular weight is 731 g/mol. The van der Waals surface area contributed by atoms with Crippen molar-refractivity contribution in [2.24, 2.45) is 5.41 Å². The highest BCUT2D eigenvalue weighted by Crippen LogP contribution is 2.44. The number of piperidine rings is 1. The smallest absolute Gasteiger partial charge is 0.115 e. The van der Waals surface area contributed by atoms with Gasteiger partial charge in [0.05, 0.1) is 23.3 Å². The van der Waals surface area contributed by atoms with Crippen molar-refractivity contribution in [1.29, 1.82) is 0 Å². The molecule has 0 N–H and O–H groups in total. The Morgan fingerprint density at radius 3 is 2.46 bits per heavy atom. The number of rotatable bonds is 18. The normalized spacial score (nSPS) is 16.6. The second-order valence-corrected chi connectivity index (χ2v) is 17.3. The van der Waals surface area contributed by atoms with E-state index in [2.05, 4.69) is 117 Å². The van der Waals surface area contributed by atoms with Crippen LogP contribution in [0.3, 0.4) is 0 Å². The highest BCUT2D eigenvalue weighted by atomic mass is 19.1. The number of alkyl halides is 1. The predicted octanol–water partition coefficient (Wildman–Crippen LogP) is 12.9. The zero-order chi connectivity index (χ0) is 38.2. The summed E-state index contributed by atoms with van der Waals surface area (Å²) < 4.78 is 16.9. The van der Waals surface area contributed by atoms with Gasteiger partial charge in [0.25, 0.3) is 0 Å². The van der Waals surface area contributed by atoms with Gasteiger partial charge in [-0.1, -0.05) is 77.3 Å². The van der Waals surface area contributed by atoms with Gasteiger partial charge < -0.3 is 9.47 Å². The first-order chi connectivity index (χ1) is 26.2. The Morgan fingerprint density at radius 1 is 0.907 bits per heavy atom. The Balaban J connectivity index is 1.46. The first-order valence-electron chi connectivity index (χ1n) is 21.2. The van der Waals surface area contributed by atoms with E-state index in [1.807, 2.05) is 6.08 Å². The van der Waals surface area contributed by atoms with Gasteiger partial charge in [0.2, 0.25) is 0 Å². The van der Waals surface area contributed by atoms with E-state index >= 15 is 0 Å². The molecule has 2 aromatic carbocycles. The van der Waals surface area contributed by atoms with Crippen molar-refractivity contribution in [3.63, 3.8) is 0 Å². The number of fused-ring (bicyclic) bond motifs is 2. The molecular formula is C49H67FN4. The van der Waals surface area contributed by atoms with Gasteiger partial charge in [-0.05, 0) is 135 Å². The number of piperazine rings is 1. The zero-order valence-electron chi connectivity index (χ0n) is 34.2. The fourth-order valence-corrected chi connectivity index (χ4v) is 9.28. The molecular weight excluding hydrogens is 664 g/mol. The third kappa shape index (κ3) is 9.21. The van der Waals surface area contributed by atoms with Crippen LogP contribution in [0.4, 0.5) is 10.1 Å². The summed E-state index contributed by atoms with van der Waals surface area (Å²) in [4.78, 5) is 10.6. The van der Waals surface area contributed by atoms with Gasteiger partial charge in [-0.15, -0.1) is 13.2 Å². The molecule has 0 spiro atoms. The molecule has 2 aromatic heterocycles. The second kappa shape index (κ2) is 18.3. The number of pyridine rings is 1. The summed E-state index contributed by atoms with van der Waals surface area (Å²) >= 11 is 0. The van der Waals surface area contributed by atoms with Crippen LogP contribution in [0.15, 0.2) is 74.0 Å². The number of hydrogen-bond donors (Lipinski definition) is 0. The molecule has 0 amide bonds. The van der Waals surface area contributed by atoms with E-state index in [0.717, 1.165) is 81.4 Å². The van der Waals surface area contributed by atoms with Gasteiger partial charge in [-0.25, -0.2) is 4.39 Å². The lowest BCUT2D eigenvalue weighted by Crippen LogP contribution is -2.54. The topological polar surface area (TPSA) is 24.3 Å². The first-order valence-corrected chi connectivity index (χ1v) is 21.2. The lowest BCUT2D eigenvalue weighted by molar-refractivity contribution is 0.133. The average Bonchev–Trinajstić information content (AvgIpc) is 3.49. The number of aryl methyl sites for hydroxylation is 2. The van der Waals surface area contributed by atoms with Gasteiger partial charge in [-0.3, -0.25) is 9.88 Å². The third-order valence-electron chi connectivity index (χ3n) is 12.2. The standard InChI is InChI=1S/C49H67FN4/c1-8-11-13-14-15-16-19-37-27-38(33-50)29-40(28-37)39-21-22-46-43(30-39)45(32-49(6,7)23-12-9-2)48(54(46)10-3)44-31-42(34-51-47(44)36(4)5)53-26-25-52-24-18-17-20-41(52)35-53/h8-9,21-22,27-31,34,36,41H,1-2,10-20,23-26,32-33,35H2,3-7H3. The van der Waals surface area contributed by atoms with Crippen LogP contribution >= 0.6 is 0 Å². The molecule has 0 aliphatic carbocycles. The Kier molecular flexibility index (Phi) is 13.5. The van der Waals surface area contributed by atoms with E-state index in [1.54, 1.807) is 0 Å². The highest BCUT2D eigenvalue weighted by molar-refractivity contribution is 5.95. The molecule has 0 saturated carbocycles. The number of hydrogen-bond acceptors (Lipinski definition) is 3. The fourth-order valence-electron chi connectivity index (χ4n) is 9.28. The second-order valence-electron chi connectivity index (χ2n) is 17.3. The van der Waals surface area contributed by atoms with Crippen molar-refractivity contribution in [2.75, 3.05) is 31.1 Å². The summed E-state index contributed by atoms with van der Waals surface area (Å²) in [7, 11) is 0. The summed E-state index contributed by atoms with van der Waals surface area (Å²) in [6, 6.07) is 16.6. The Labute approximate surface area is 326 Å². The largest absolute Gasteiger partial charge is 0.367 e. The van der Waals surface area contributed by atoms with Crippen LogP contribution in [0.5, 0.6) is 0 Å². The molecule has 54 heavy (non-hydrogen) atoms. The van der Waals surface area contributed by atoms with E-state index in [4.69, 9.17) is 4.98 Å². The summed E-state index contributed by atoms with van der Waals surface area (Å²) in [5, 5.41) is 1.31. The van der Waals surface area contributed by atoms with Crippen molar-refractivity contribution < 1.29 is 4.39 Å². The lowest BCUT2D eigenvalue weighted by atomic mass is 9.80. The molecule has 4 heterocycles. The maximum Gasteiger partial charge on any atom is 0.115 e. The fraction of sp³-hybridized carbons (Fsp3) is 0.531. The first kappa shape index (κ1) is 40.0. The molecule has 1 unspecified atom stereocenters. The van der Waals surface area contributed by atoms with Crippen molar-refractivity contribution >= 4 is 16.6 Å². The quantitative estimate of drug-likeness (QED) is 0.0752. The molecule has 290 valence electrons. The van der Waals surface area contributed by atoms with Crippen molar-refractivity contribution in [3.8, 4) is 22.4 Å². The molecule has 2 aliphatic heterocycles. The number of aromatic nitrogens is 2. The Bertz CT molecular complexity index is 1880. The summed E-state index contributed by atoms with van der Waals surface area (Å²) in [5.74, 6) is 0.286. The van der Waals surface area contributed by atoms with E-state index in [1.165, 1.54) is 89.7 Å². The number of nitrogens with zero attached hydrogens (tertiary/aromatic N) is 4.